The zero-order valence-corrected chi connectivity index (χ0v) is 13.4. The van der Waals surface area contributed by atoms with E-state index in [0.29, 0.717) is 13.1 Å². The molecule has 0 aliphatic rings. The van der Waals surface area contributed by atoms with Gasteiger partial charge in [-0.3, -0.25) is 9.13 Å². The van der Waals surface area contributed by atoms with Crippen molar-refractivity contribution in [2.45, 2.75) is 46.8 Å². The first-order valence-corrected chi connectivity index (χ1v) is 7.62. The van der Waals surface area contributed by atoms with Crippen LogP contribution in [0.4, 0.5) is 0 Å². The number of nitrogens with one attached hydrogen (secondary N) is 1. The molecule has 1 atom stereocenters. The molecule has 114 valence electrons. The number of hydrogen-bond acceptors (Lipinski definition) is 2. The lowest BCUT2D eigenvalue weighted by molar-refractivity contribution is 0.461. The van der Waals surface area contributed by atoms with Gasteiger partial charge in [-0.05, 0) is 38.4 Å². The zero-order chi connectivity index (χ0) is 15.4. The highest BCUT2D eigenvalue weighted by Gasteiger charge is 2.15. The summed E-state index contributed by atoms with van der Waals surface area (Å²) < 4.78 is 3.52. The van der Waals surface area contributed by atoms with E-state index in [9.17, 15) is 4.79 Å². The topological polar surface area (TPSA) is 39.0 Å². The van der Waals surface area contributed by atoms with Crippen LogP contribution in [0.1, 0.15) is 36.6 Å². The van der Waals surface area contributed by atoms with Gasteiger partial charge in [-0.2, -0.15) is 0 Å². The van der Waals surface area contributed by atoms with E-state index in [2.05, 4.69) is 44.3 Å². The SMILES string of the molecule is CCNC(Cn1ccn(CC)c1=O)c1cc(C)ccc1C. The highest BCUT2D eigenvalue weighted by Crippen LogP contribution is 2.20. The van der Waals surface area contributed by atoms with Gasteiger partial charge in [0.15, 0.2) is 0 Å². The van der Waals surface area contributed by atoms with Crippen LogP contribution in [0.3, 0.4) is 0 Å². The second-order valence-corrected chi connectivity index (χ2v) is 5.49. The lowest BCUT2D eigenvalue weighted by Gasteiger charge is -2.21. The Hall–Kier alpha value is -1.81. The largest absolute Gasteiger partial charge is 0.328 e. The van der Waals surface area contributed by atoms with Crippen molar-refractivity contribution >= 4 is 0 Å². The van der Waals surface area contributed by atoms with Crippen molar-refractivity contribution in [2.24, 2.45) is 0 Å². The maximum atomic E-state index is 12.2. The molecule has 4 nitrogen and oxygen atoms in total. The Morgan fingerprint density at radius 1 is 1.14 bits per heavy atom. The monoisotopic (exact) mass is 287 g/mol. The van der Waals surface area contributed by atoms with E-state index < -0.39 is 0 Å². The van der Waals surface area contributed by atoms with Crippen molar-refractivity contribution in [3.8, 4) is 0 Å². The van der Waals surface area contributed by atoms with Crippen LogP contribution >= 0.6 is 0 Å². The molecular weight excluding hydrogens is 262 g/mol. The Balaban J connectivity index is 2.32. The average molecular weight is 287 g/mol. The van der Waals surface area contributed by atoms with Gasteiger partial charge in [0.25, 0.3) is 0 Å². The molecule has 1 aromatic heterocycles. The number of aromatic nitrogens is 2. The summed E-state index contributed by atoms with van der Waals surface area (Å²) in [6.07, 6.45) is 3.73. The fourth-order valence-corrected chi connectivity index (χ4v) is 2.68. The maximum absolute atomic E-state index is 12.2. The van der Waals surface area contributed by atoms with Gasteiger partial charge in [-0.25, -0.2) is 4.79 Å². The molecule has 21 heavy (non-hydrogen) atoms. The van der Waals surface area contributed by atoms with Crippen LogP contribution in [0.15, 0.2) is 35.4 Å². The highest BCUT2D eigenvalue weighted by molar-refractivity contribution is 5.33. The van der Waals surface area contributed by atoms with Gasteiger partial charge in [-0.15, -0.1) is 0 Å². The van der Waals surface area contributed by atoms with Gasteiger partial charge in [-0.1, -0.05) is 30.7 Å². The Bertz CT molecular complexity index is 654. The van der Waals surface area contributed by atoms with Crippen LogP contribution in [0.5, 0.6) is 0 Å². The van der Waals surface area contributed by atoms with Crippen LogP contribution in [0.2, 0.25) is 0 Å². The number of imidazole rings is 1. The van der Waals surface area contributed by atoms with E-state index in [1.807, 2.05) is 19.3 Å². The quantitative estimate of drug-likeness (QED) is 0.887. The summed E-state index contributed by atoms with van der Waals surface area (Å²) in [5.74, 6) is 0. The smallest absolute Gasteiger partial charge is 0.309 e. The molecule has 1 heterocycles. The molecule has 2 aromatic rings. The predicted molar refractivity (Wildman–Crippen MR) is 86.7 cm³/mol. The van der Waals surface area contributed by atoms with Gasteiger partial charge < -0.3 is 5.32 Å². The molecule has 0 spiro atoms. The Morgan fingerprint density at radius 3 is 2.48 bits per heavy atom. The molecule has 0 bridgehead atoms. The molecule has 0 saturated heterocycles. The minimum Gasteiger partial charge on any atom is -0.309 e. The summed E-state index contributed by atoms with van der Waals surface area (Å²) in [5.41, 5.74) is 3.84. The highest BCUT2D eigenvalue weighted by atomic mass is 16.1. The molecule has 0 radical (unpaired) electrons. The lowest BCUT2D eigenvalue weighted by Crippen LogP contribution is -2.31. The maximum Gasteiger partial charge on any atom is 0.328 e. The van der Waals surface area contributed by atoms with Crippen LogP contribution in [0, 0.1) is 13.8 Å². The summed E-state index contributed by atoms with van der Waals surface area (Å²) in [4.78, 5) is 12.2. The van der Waals surface area contributed by atoms with Crippen LogP contribution in [0.25, 0.3) is 0 Å². The molecule has 2 rings (SSSR count). The van der Waals surface area contributed by atoms with Gasteiger partial charge in [0.1, 0.15) is 0 Å². The normalized spacial score (nSPS) is 12.6. The molecule has 1 unspecified atom stereocenters. The number of aryl methyl sites for hydroxylation is 3. The number of benzene rings is 1. The van der Waals surface area contributed by atoms with E-state index >= 15 is 0 Å². The van der Waals surface area contributed by atoms with Gasteiger partial charge in [0, 0.05) is 25.5 Å². The summed E-state index contributed by atoms with van der Waals surface area (Å²) >= 11 is 0. The minimum absolute atomic E-state index is 0.0608. The third-order valence-electron chi connectivity index (χ3n) is 3.90. The Kier molecular flexibility index (Phi) is 5.02. The number of rotatable bonds is 6. The minimum atomic E-state index is 0.0608. The average Bonchev–Trinajstić information content (AvgIpc) is 2.82. The van der Waals surface area contributed by atoms with Crippen molar-refractivity contribution in [1.29, 1.82) is 0 Å². The molecule has 0 saturated carbocycles. The summed E-state index contributed by atoms with van der Waals surface area (Å²) in [7, 11) is 0. The van der Waals surface area contributed by atoms with Crippen molar-refractivity contribution in [1.82, 2.24) is 14.5 Å². The van der Waals surface area contributed by atoms with Crippen molar-refractivity contribution in [3.63, 3.8) is 0 Å². The molecule has 4 heteroatoms. The summed E-state index contributed by atoms with van der Waals surface area (Å²) in [6, 6.07) is 6.64. The van der Waals surface area contributed by atoms with E-state index in [0.717, 1.165) is 6.54 Å². The second kappa shape index (κ2) is 6.76. The second-order valence-electron chi connectivity index (χ2n) is 5.49. The molecule has 0 fully saturated rings. The molecular formula is C17H25N3O. The molecule has 0 aliphatic carbocycles. The predicted octanol–water partition coefficient (Wildman–Crippen LogP) is 2.64. The number of hydrogen-bond donors (Lipinski definition) is 1. The fourth-order valence-electron chi connectivity index (χ4n) is 2.68. The van der Waals surface area contributed by atoms with E-state index in [4.69, 9.17) is 0 Å². The van der Waals surface area contributed by atoms with E-state index in [1.54, 1.807) is 9.13 Å². The van der Waals surface area contributed by atoms with Gasteiger partial charge >= 0.3 is 5.69 Å². The first-order valence-electron chi connectivity index (χ1n) is 7.62. The summed E-state index contributed by atoms with van der Waals surface area (Å²) in [6.45, 7) is 10.5. The summed E-state index contributed by atoms with van der Waals surface area (Å²) in [5, 5.41) is 3.50. The van der Waals surface area contributed by atoms with Crippen molar-refractivity contribution in [2.75, 3.05) is 6.54 Å². The van der Waals surface area contributed by atoms with E-state index in [-0.39, 0.29) is 11.7 Å². The Labute approximate surface area is 126 Å². The Morgan fingerprint density at radius 2 is 1.86 bits per heavy atom. The zero-order valence-electron chi connectivity index (χ0n) is 13.4. The lowest BCUT2D eigenvalue weighted by atomic mass is 9.98. The van der Waals surface area contributed by atoms with Gasteiger partial charge in [0.2, 0.25) is 0 Å². The van der Waals surface area contributed by atoms with Crippen LogP contribution in [-0.2, 0) is 13.1 Å². The first kappa shape index (κ1) is 15.6. The first-order chi connectivity index (χ1) is 10.1. The molecule has 1 aromatic carbocycles. The van der Waals surface area contributed by atoms with Crippen molar-refractivity contribution < 1.29 is 0 Å². The molecule has 1 N–H and O–H groups in total. The number of nitrogens with zero attached hydrogens (tertiary/aromatic N) is 2. The van der Waals surface area contributed by atoms with Crippen LogP contribution in [-0.4, -0.2) is 15.7 Å². The number of likely N-dealkylation sites (N-methyl/N-ethyl adjacent to an activating group) is 1. The molecule has 0 amide bonds. The van der Waals surface area contributed by atoms with Crippen molar-refractivity contribution in [3.05, 3.63) is 57.8 Å². The third kappa shape index (κ3) is 3.45. The van der Waals surface area contributed by atoms with Gasteiger partial charge in [0.05, 0.1) is 6.04 Å². The standard InChI is InChI=1S/C17H25N3O/c1-5-18-16(15-11-13(3)7-8-14(15)4)12-20-10-9-19(6-2)17(20)21/h7-11,16,18H,5-6,12H2,1-4H3. The van der Waals surface area contributed by atoms with Crippen LogP contribution < -0.4 is 11.0 Å². The van der Waals surface area contributed by atoms with E-state index in [1.165, 1.54) is 16.7 Å². The third-order valence-corrected chi connectivity index (χ3v) is 3.90. The molecule has 0 aliphatic heterocycles. The fraction of sp³-hybridized carbons (Fsp3) is 0.471.